The molecule has 0 saturated heterocycles. The fourth-order valence-electron chi connectivity index (χ4n) is 2.07. The van der Waals surface area contributed by atoms with E-state index in [1.165, 1.54) is 0 Å². The topological polar surface area (TPSA) is 83.5 Å². The van der Waals surface area contributed by atoms with Gasteiger partial charge in [-0.3, -0.25) is 4.79 Å². The zero-order valence-corrected chi connectivity index (χ0v) is 13.1. The molecule has 0 amide bonds. The first-order chi connectivity index (χ1) is 9.91. The number of carbonyl (C=O) groups is 1. The Morgan fingerprint density at radius 3 is 2.48 bits per heavy atom. The van der Waals surface area contributed by atoms with Crippen LogP contribution >= 0.6 is 0 Å². The summed E-state index contributed by atoms with van der Waals surface area (Å²) in [6.07, 6.45) is 2.09. The van der Waals surface area contributed by atoms with Gasteiger partial charge in [-0.15, -0.1) is 0 Å². The molecule has 0 aliphatic rings. The van der Waals surface area contributed by atoms with Gasteiger partial charge in [0.1, 0.15) is 0 Å². The molecule has 0 radical (unpaired) electrons. The Morgan fingerprint density at radius 2 is 1.86 bits per heavy atom. The van der Waals surface area contributed by atoms with E-state index in [1.54, 1.807) is 0 Å². The standard InChI is InChI=1S/C15H23NO4S/c1-13(14-8-4-2-5-9-14)12-21(19,20)16-11-7-3-6-10-15(17)18/h2,4-5,8-9,13,16H,3,6-7,10-12H2,1H3,(H,17,18). The van der Waals surface area contributed by atoms with Gasteiger partial charge in [-0.1, -0.05) is 43.7 Å². The Hall–Kier alpha value is -1.40. The summed E-state index contributed by atoms with van der Waals surface area (Å²) in [5.74, 6) is -0.811. The number of carboxylic acid groups (broad SMARTS) is 1. The Balaban J connectivity index is 2.29. The fourth-order valence-corrected chi connectivity index (χ4v) is 3.50. The minimum absolute atomic E-state index is 0.0595. The van der Waals surface area contributed by atoms with Gasteiger partial charge >= 0.3 is 5.97 Å². The Morgan fingerprint density at radius 1 is 1.19 bits per heavy atom. The highest BCUT2D eigenvalue weighted by Gasteiger charge is 2.16. The SMILES string of the molecule is CC(CS(=O)(=O)NCCCCCC(=O)O)c1ccccc1. The summed E-state index contributed by atoms with van der Waals surface area (Å²) in [6.45, 7) is 2.25. The van der Waals surface area contributed by atoms with Crippen LogP contribution in [0.5, 0.6) is 0 Å². The molecule has 0 fully saturated rings. The van der Waals surface area contributed by atoms with Crippen LogP contribution < -0.4 is 4.72 Å². The van der Waals surface area contributed by atoms with Gasteiger partial charge < -0.3 is 5.11 Å². The van der Waals surface area contributed by atoms with E-state index in [2.05, 4.69) is 4.72 Å². The van der Waals surface area contributed by atoms with Crippen molar-refractivity contribution in [2.45, 2.75) is 38.5 Å². The largest absolute Gasteiger partial charge is 0.481 e. The van der Waals surface area contributed by atoms with E-state index in [0.717, 1.165) is 5.56 Å². The first-order valence-corrected chi connectivity index (χ1v) is 8.80. The lowest BCUT2D eigenvalue weighted by atomic mass is 10.0. The highest BCUT2D eigenvalue weighted by molar-refractivity contribution is 7.89. The van der Waals surface area contributed by atoms with Crippen LogP contribution in [0.15, 0.2) is 30.3 Å². The van der Waals surface area contributed by atoms with Gasteiger partial charge in [-0.25, -0.2) is 13.1 Å². The van der Waals surface area contributed by atoms with E-state index in [4.69, 9.17) is 5.11 Å². The van der Waals surface area contributed by atoms with E-state index in [9.17, 15) is 13.2 Å². The number of hydrogen-bond donors (Lipinski definition) is 2. The van der Waals surface area contributed by atoms with Crippen molar-refractivity contribution in [2.75, 3.05) is 12.3 Å². The van der Waals surface area contributed by atoms with Gasteiger partial charge in [0.2, 0.25) is 10.0 Å². The molecule has 0 spiro atoms. The van der Waals surface area contributed by atoms with Crippen LogP contribution in [0, 0.1) is 0 Å². The molecule has 1 aromatic carbocycles. The molecule has 1 aromatic rings. The van der Waals surface area contributed by atoms with Crippen LogP contribution in [0.3, 0.4) is 0 Å². The van der Waals surface area contributed by atoms with Crippen LogP contribution in [0.2, 0.25) is 0 Å². The molecule has 0 heterocycles. The molecule has 2 N–H and O–H groups in total. The summed E-state index contributed by atoms with van der Waals surface area (Å²) in [4.78, 5) is 10.3. The molecule has 21 heavy (non-hydrogen) atoms. The summed E-state index contributed by atoms with van der Waals surface area (Å²) >= 11 is 0. The zero-order chi connectivity index (χ0) is 15.7. The number of unbranched alkanes of at least 4 members (excludes halogenated alkanes) is 2. The minimum Gasteiger partial charge on any atom is -0.481 e. The highest BCUT2D eigenvalue weighted by atomic mass is 32.2. The van der Waals surface area contributed by atoms with E-state index in [1.807, 2.05) is 37.3 Å². The third-order valence-electron chi connectivity index (χ3n) is 3.23. The number of benzene rings is 1. The summed E-state index contributed by atoms with van der Waals surface area (Å²) in [5.41, 5.74) is 1.00. The van der Waals surface area contributed by atoms with Gasteiger partial charge in [0.25, 0.3) is 0 Å². The molecule has 1 unspecified atom stereocenters. The smallest absolute Gasteiger partial charge is 0.303 e. The van der Waals surface area contributed by atoms with Crippen molar-refractivity contribution in [3.8, 4) is 0 Å². The maximum Gasteiger partial charge on any atom is 0.303 e. The van der Waals surface area contributed by atoms with Gasteiger partial charge in [0.15, 0.2) is 0 Å². The summed E-state index contributed by atoms with van der Waals surface area (Å²) in [7, 11) is -3.30. The fraction of sp³-hybridized carbons (Fsp3) is 0.533. The van der Waals surface area contributed by atoms with Crippen molar-refractivity contribution >= 4 is 16.0 Å². The molecule has 0 aliphatic heterocycles. The number of sulfonamides is 1. The number of hydrogen-bond acceptors (Lipinski definition) is 3. The predicted molar refractivity (Wildman–Crippen MR) is 82.8 cm³/mol. The summed E-state index contributed by atoms with van der Waals surface area (Å²) in [5, 5.41) is 8.50. The van der Waals surface area contributed by atoms with E-state index in [-0.39, 0.29) is 18.1 Å². The molecule has 0 aromatic heterocycles. The maximum absolute atomic E-state index is 11.9. The molecule has 1 rings (SSSR count). The molecule has 5 nitrogen and oxygen atoms in total. The average molecular weight is 313 g/mol. The molecule has 118 valence electrons. The lowest BCUT2D eigenvalue weighted by Crippen LogP contribution is -2.29. The third kappa shape index (κ3) is 7.82. The van der Waals surface area contributed by atoms with Crippen LogP contribution in [0.4, 0.5) is 0 Å². The number of rotatable bonds is 10. The molecule has 6 heteroatoms. The highest BCUT2D eigenvalue weighted by Crippen LogP contribution is 2.16. The third-order valence-corrected chi connectivity index (χ3v) is 4.81. The summed E-state index contributed by atoms with van der Waals surface area (Å²) in [6, 6.07) is 9.54. The Kier molecular flexibility index (Phi) is 7.39. The van der Waals surface area contributed by atoms with E-state index < -0.39 is 16.0 Å². The van der Waals surface area contributed by atoms with Gasteiger partial charge in [0, 0.05) is 13.0 Å². The minimum atomic E-state index is -3.30. The van der Waals surface area contributed by atoms with Gasteiger partial charge in [0.05, 0.1) is 5.75 Å². The zero-order valence-electron chi connectivity index (χ0n) is 12.3. The Bertz CT molecular complexity index is 528. The molecule has 0 bridgehead atoms. The number of aliphatic carboxylic acids is 1. The second kappa shape index (κ2) is 8.79. The molecular formula is C15H23NO4S. The lowest BCUT2D eigenvalue weighted by molar-refractivity contribution is -0.137. The van der Waals surface area contributed by atoms with Crippen molar-refractivity contribution in [3.05, 3.63) is 35.9 Å². The van der Waals surface area contributed by atoms with Crippen LogP contribution in [-0.2, 0) is 14.8 Å². The molecule has 1 atom stereocenters. The van der Waals surface area contributed by atoms with Crippen molar-refractivity contribution in [3.63, 3.8) is 0 Å². The lowest BCUT2D eigenvalue weighted by Gasteiger charge is -2.13. The summed E-state index contributed by atoms with van der Waals surface area (Å²) < 4.78 is 26.5. The normalized spacial score (nSPS) is 13.0. The number of carboxylic acids is 1. The van der Waals surface area contributed by atoms with Crippen molar-refractivity contribution < 1.29 is 18.3 Å². The first-order valence-electron chi connectivity index (χ1n) is 7.15. The van der Waals surface area contributed by atoms with Crippen LogP contribution in [-0.4, -0.2) is 31.8 Å². The van der Waals surface area contributed by atoms with Gasteiger partial charge in [-0.05, 0) is 24.3 Å². The van der Waals surface area contributed by atoms with Crippen LogP contribution in [0.25, 0.3) is 0 Å². The predicted octanol–water partition coefficient (Wildman–Crippen LogP) is 2.35. The first kappa shape index (κ1) is 17.7. The monoisotopic (exact) mass is 313 g/mol. The number of nitrogens with one attached hydrogen (secondary N) is 1. The van der Waals surface area contributed by atoms with E-state index >= 15 is 0 Å². The Labute approximate surface area is 126 Å². The van der Waals surface area contributed by atoms with Crippen molar-refractivity contribution in [1.29, 1.82) is 0 Å². The molecule has 0 saturated carbocycles. The molecule has 0 aliphatic carbocycles. The van der Waals surface area contributed by atoms with E-state index in [0.29, 0.717) is 25.8 Å². The quantitative estimate of drug-likeness (QED) is 0.650. The van der Waals surface area contributed by atoms with Crippen molar-refractivity contribution in [1.82, 2.24) is 4.72 Å². The second-order valence-electron chi connectivity index (χ2n) is 5.19. The maximum atomic E-state index is 11.9. The average Bonchev–Trinajstić information content (AvgIpc) is 2.43. The molecular weight excluding hydrogens is 290 g/mol. The van der Waals surface area contributed by atoms with Crippen molar-refractivity contribution in [2.24, 2.45) is 0 Å². The van der Waals surface area contributed by atoms with Crippen LogP contribution in [0.1, 0.15) is 44.1 Å². The second-order valence-corrected chi connectivity index (χ2v) is 7.04. The van der Waals surface area contributed by atoms with Gasteiger partial charge in [-0.2, -0.15) is 0 Å².